The monoisotopic (exact) mass is 290 g/mol. The molecule has 6 nitrogen and oxygen atoms in total. The van der Waals surface area contributed by atoms with E-state index in [1.54, 1.807) is 27.3 Å². The summed E-state index contributed by atoms with van der Waals surface area (Å²) in [6.45, 7) is 2.19. The summed E-state index contributed by atoms with van der Waals surface area (Å²) in [5.41, 5.74) is 0. The molecule has 2 rings (SSSR count). The fourth-order valence-corrected chi connectivity index (χ4v) is 2.01. The third kappa shape index (κ3) is 3.34. The molecule has 0 spiro atoms. The Bertz CT molecular complexity index is 643. The van der Waals surface area contributed by atoms with Gasteiger partial charge in [0.1, 0.15) is 12.4 Å². The molecule has 1 N–H and O–H groups in total. The van der Waals surface area contributed by atoms with Crippen LogP contribution in [0.25, 0.3) is 10.8 Å². The van der Waals surface area contributed by atoms with Gasteiger partial charge in [0.25, 0.3) is 0 Å². The third-order valence-electron chi connectivity index (χ3n) is 2.97. The number of methoxy groups -OCH3 is 2. The fourth-order valence-electron chi connectivity index (χ4n) is 2.01. The number of nitrogens with zero attached hydrogens (tertiary/aromatic N) is 1. The Morgan fingerprint density at radius 1 is 1.24 bits per heavy atom. The summed E-state index contributed by atoms with van der Waals surface area (Å²) in [4.78, 5) is 15.7. The van der Waals surface area contributed by atoms with E-state index in [0.29, 0.717) is 23.9 Å². The highest BCUT2D eigenvalue weighted by Gasteiger charge is 2.10. The first-order chi connectivity index (χ1) is 10.2. The molecule has 1 aromatic heterocycles. The number of rotatable bonds is 6. The smallest absolute Gasteiger partial charge is 0.325 e. The lowest BCUT2D eigenvalue weighted by Crippen LogP contribution is -2.17. The van der Waals surface area contributed by atoms with Crippen LogP contribution in [-0.4, -0.2) is 38.3 Å². The van der Waals surface area contributed by atoms with E-state index >= 15 is 0 Å². The quantitative estimate of drug-likeness (QED) is 0.823. The van der Waals surface area contributed by atoms with E-state index in [1.807, 2.05) is 18.2 Å². The predicted molar refractivity (Wildman–Crippen MR) is 80.0 cm³/mol. The van der Waals surface area contributed by atoms with Gasteiger partial charge in [0.15, 0.2) is 11.5 Å². The lowest BCUT2D eigenvalue weighted by atomic mass is 10.1. The fraction of sp³-hybridized carbons (Fsp3) is 0.333. The van der Waals surface area contributed by atoms with E-state index in [0.717, 1.165) is 10.8 Å². The molecule has 112 valence electrons. The molecule has 0 atom stereocenters. The van der Waals surface area contributed by atoms with Gasteiger partial charge in [-0.1, -0.05) is 0 Å². The molecule has 0 saturated carbocycles. The van der Waals surface area contributed by atoms with Crippen molar-refractivity contribution in [1.29, 1.82) is 0 Å². The maximum absolute atomic E-state index is 11.4. The summed E-state index contributed by atoms with van der Waals surface area (Å²) >= 11 is 0. The molecule has 6 heteroatoms. The van der Waals surface area contributed by atoms with Crippen LogP contribution >= 0.6 is 0 Å². The van der Waals surface area contributed by atoms with Gasteiger partial charge in [-0.05, 0) is 30.5 Å². The van der Waals surface area contributed by atoms with Crippen LogP contribution in [0.4, 0.5) is 5.82 Å². The van der Waals surface area contributed by atoms with Gasteiger partial charge >= 0.3 is 5.97 Å². The van der Waals surface area contributed by atoms with Gasteiger partial charge in [-0.15, -0.1) is 0 Å². The Balaban J connectivity index is 2.33. The number of pyridine rings is 1. The average molecular weight is 290 g/mol. The number of anilines is 1. The molecule has 0 radical (unpaired) electrons. The van der Waals surface area contributed by atoms with Gasteiger partial charge in [-0.25, -0.2) is 4.98 Å². The van der Waals surface area contributed by atoms with Crippen LogP contribution in [0.3, 0.4) is 0 Å². The molecular weight excluding hydrogens is 272 g/mol. The zero-order valence-electron chi connectivity index (χ0n) is 12.3. The van der Waals surface area contributed by atoms with Gasteiger partial charge < -0.3 is 19.5 Å². The first-order valence-corrected chi connectivity index (χ1v) is 6.59. The van der Waals surface area contributed by atoms with Gasteiger partial charge in [0, 0.05) is 11.6 Å². The van der Waals surface area contributed by atoms with Gasteiger partial charge in [0.05, 0.1) is 20.8 Å². The number of esters is 1. The van der Waals surface area contributed by atoms with E-state index in [4.69, 9.17) is 14.2 Å². The molecule has 0 aliphatic carbocycles. The van der Waals surface area contributed by atoms with Crippen LogP contribution in [0.5, 0.6) is 11.5 Å². The van der Waals surface area contributed by atoms with Crippen molar-refractivity contribution in [3.63, 3.8) is 0 Å². The molecule has 0 unspecified atom stereocenters. The lowest BCUT2D eigenvalue weighted by Gasteiger charge is -2.12. The largest absolute Gasteiger partial charge is 0.493 e. The molecule has 1 aromatic carbocycles. The molecule has 1 heterocycles. The maximum atomic E-state index is 11.4. The maximum Gasteiger partial charge on any atom is 0.325 e. The van der Waals surface area contributed by atoms with Crippen molar-refractivity contribution < 1.29 is 19.0 Å². The molecule has 0 bridgehead atoms. The first kappa shape index (κ1) is 14.9. The van der Waals surface area contributed by atoms with E-state index in [1.165, 1.54) is 0 Å². The molecule has 0 fully saturated rings. The van der Waals surface area contributed by atoms with Crippen molar-refractivity contribution in [2.24, 2.45) is 0 Å². The number of carbonyl (C=O) groups excluding carboxylic acids is 1. The molecule has 2 aromatic rings. The number of ether oxygens (including phenoxy) is 3. The second-order valence-electron chi connectivity index (χ2n) is 4.25. The predicted octanol–water partition coefficient (Wildman–Crippen LogP) is 2.23. The lowest BCUT2D eigenvalue weighted by molar-refractivity contribution is -0.140. The van der Waals surface area contributed by atoms with Gasteiger partial charge in [0.2, 0.25) is 0 Å². The second kappa shape index (κ2) is 6.78. The SMILES string of the molecule is CCOC(=O)CNc1nccc2cc(OC)c(OC)cc12. The Labute approximate surface area is 123 Å². The number of benzene rings is 1. The molecule has 21 heavy (non-hydrogen) atoms. The van der Waals surface area contributed by atoms with Crippen LogP contribution in [0.2, 0.25) is 0 Å². The van der Waals surface area contributed by atoms with Crippen LogP contribution < -0.4 is 14.8 Å². The van der Waals surface area contributed by atoms with E-state index in [2.05, 4.69) is 10.3 Å². The minimum absolute atomic E-state index is 0.0638. The number of hydrogen-bond acceptors (Lipinski definition) is 6. The normalized spacial score (nSPS) is 10.2. The molecule has 0 saturated heterocycles. The van der Waals surface area contributed by atoms with Crippen molar-refractivity contribution in [3.05, 3.63) is 24.4 Å². The summed E-state index contributed by atoms with van der Waals surface area (Å²) in [6, 6.07) is 5.56. The van der Waals surface area contributed by atoms with Crippen molar-refractivity contribution in [2.45, 2.75) is 6.92 Å². The molecule has 0 amide bonds. The summed E-state index contributed by atoms with van der Waals surface area (Å²) in [6.07, 6.45) is 1.67. The van der Waals surface area contributed by atoms with E-state index in [9.17, 15) is 4.79 Å². The van der Waals surface area contributed by atoms with Crippen LogP contribution in [0.1, 0.15) is 6.92 Å². The highest BCUT2D eigenvalue weighted by molar-refractivity contribution is 5.95. The molecule has 0 aliphatic heterocycles. The zero-order valence-corrected chi connectivity index (χ0v) is 12.3. The zero-order chi connectivity index (χ0) is 15.2. The first-order valence-electron chi connectivity index (χ1n) is 6.59. The number of nitrogens with one attached hydrogen (secondary N) is 1. The van der Waals surface area contributed by atoms with Crippen molar-refractivity contribution >= 4 is 22.6 Å². The van der Waals surface area contributed by atoms with Gasteiger partial charge in [-0.3, -0.25) is 4.79 Å². The molecule has 0 aliphatic rings. The van der Waals surface area contributed by atoms with Crippen LogP contribution in [0, 0.1) is 0 Å². The minimum Gasteiger partial charge on any atom is -0.493 e. The number of hydrogen-bond donors (Lipinski definition) is 1. The van der Waals surface area contributed by atoms with Crippen LogP contribution in [0.15, 0.2) is 24.4 Å². The highest BCUT2D eigenvalue weighted by Crippen LogP contribution is 2.34. The Kier molecular flexibility index (Phi) is 4.81. The Morgan fingerprint density at radius 2 is 1.95 bits per heavy atom. The average Bonchev–Trinajstić information content (AvgIpc) is 2.51. The summed E-state index contributed by atoms with van der Waals surface area (Å²) < 4.78 is 15.4. The number of fused-ring (bicyclic) bond motifs is 1. The third-order valence-corrected chi connectivity index (χ3v) is 2.97. The van der Waals surface area contributed by atoms with Crippen molar-refractivity contribution in [3.8, 4) is 11.5 Å². The number of aromatic nitrogens is 1. The summed E-state index contributed by atoms with van der Waals surface area (Å²) in [7, 11) is 3.16. The Morgan fingerprint density at radius 3 is 2.62 bits per heavy atom. The van der Waals surface area contributed by atoms with Gasteiger partial charge in [-0.2, -0.15) is 0 Å². The van der Waals surface area contributed by atoms with Crippen molar-refractivity contribution in [1.82, 2.24) is 4.98 Å². The van der Waals surface area contributed by atoms with E-state index < -0.39 is 0 Å². The summed E-state index contributed by atoms with van der Waals surface area (Å²) in [5.74, 6) is 1.53. The molecular formula is C15H18N2O4. The van der Waals surface area contributed by atoms with Crippen molar-refractivity contribution in [2.75, 3.05) is 32.7 Å². The van der Waals surface area contributed by atoms with Crippen LogP contribution in [-0.2, 0) is 9.53 Å². The highest BCUT2D eigenvalue weighted by atomic mass is 16.5. The van der Waals surface area contributed by atoms with E-state index in [-0.39, 0.29) is 12.5 Å². The Hall–Kier alpha value is -2.50. The minimum atomic E-state index is -0.322. The summed E-state index contributed by atoms with van der Waals surface area (Å²) in [5, 5.41) is 4.76. The second-order valence-corrected chi connectivity index (χ2v) is 4.25. The topological polar surface area (TPSA) is 69.7 Å². The standard InChI is InChI=1S/C15H18N2O4/c1-4-21-14(18)9-17-15-11-8-13(20-3)12(19-2)7-10(11)5-6-16-15/h5-8H,4,9H2,1-3H3,(H,16,17). The number of carbonyl (C=O) groups is 1.